The van der Waals surface area contributed by atoms with Gasteiger partial charge >= 0.3 is 5.69 Å². The largest absolute Gasteiger partial charge is 0.447 e. The first-order chi connectivity index (χ1) is 10.8. The fourth-order valence-electron chi connectivity index (χ4n) is 1.77. The highest BCUT2D eigenvalue weighted by Crippen LogP contribution is 2.36. The number of ether oxygens (including phenoxy) is 1. The van der Waals surface area contributed by atoms with Gasteiger partial charge in [0.1, 0.15) is 11.6 Å². The van der Waals surface area contributed by atoms with Crippen molar-refractivity contribution in [2.75, 3.05) is 0 Å². The summed E-state index contributed by atoms with van der Waals surface area (Å²) in [4.78, 5) is 9.75. The average molecular weight is 326 g/mol. The first kappa shape index (κ1) is 16.2. The van der Waals surface area contributed by atoms with Crippen LogP contribution >= 0.6 is 0 Å². The topological polar surface area (TPSA) is 76.2 Å². The van der Waals surface area contributed by atoms with Gasteiger partial charge in [0.05, 0.1) is 22.6 Å². The van der Waals surface area contributed by atoms with Crippen LogP contribution in [0, 0.1) is 33.1 Å². The van der Waals surface area contributed by atoms with Crippen molar-refractivity contribution in [3.63, 3.8) is 0 Å². The van der Waals surface area contributed by atoms with Gasteiger partial charge in [-0.3, -0.25) is 10.1 Å². The second-order valence-electron chi connectivity index (χ2n) is 4.30. The molecular weight excluding hydrogens is 320 g/mol. The summed E-state index contributed by atoms with van der Waals surface area (Å²) in [5.74, 6) is -3.92. The van der Waals surface area contributed by atoms with E-state index < -0.39 is 45.7 Å². The van der Waals surface area contributed by atoms with Crippen LogP contribution in [0.1, 0.15) is 17.6 Å². The lowest BCUT2D eigenvalue weighted by atomic mass is 10.1. The summed E-state index contributed by atoms with van der Waals surface area (Å²) in [7, 11) is 0. The molecule has 0 aliphatic carbocycles. The van der Waals surface area contributed by atoms with Gasteiger partial charge in [0.15, 0.2) is 5.82 Å². The molecule has 2 rings (SSSR count). The van der Waals surface area contributed by atoms with Crippen LogP contribution < -0.4 is 4.74 Å². The van der Waals surface area contributed by atoms with E-state index in [2.05, 4.69) is 0 Å². The van der Waals surface area contributed by atoms with Crippen LogP contribution in [0.5, 0.6) is 11.5 Å². The molecule has 0 spiro atoms. The zero-order chi connectivity index (χ0) is 17.1. The Hall–Kier alpha value is -3.15. The molecule has 2 aromatic carbocycles. The Morgan fingerprint density at radius 2 is 1.87 bits per heavy atom. The zero-order valence-corrected chi connectivity index (χ0v) is 11.1. The molecule has 0 saturated carbocycles. The van der Waals surface area contributed by atoms with E-state index in [9.17, 15) is 27.7 Å². The van der Waals surface area contributed by atoms with Gasteiger partial charge in [0, 0.05) is 11.6 Å². The summed E-state index contributed by atoms with van der Waals surface area (Å²) < 4.78 is 57.2. The van der Waals surface area contributed by atoms with E-state index in [4.69, 9.17) is 10.00 Å². The van der Waals surface area contributed by atoms with Crippen molar-refractivity contribution in [2.24, 2.45) is 0 Å². The van der Waals surface area contributed by atoms with Crippen molar-refractivity contribution in [3.8, 4) is 17.6 Å². The molecule has 5 nitrogen and oxygen atoms in total. The molecule has 23 heavy (non-hydrogen) atoms. The lowest BCUT2D eigenvalue weighted by Crippen LogP contribution is -1.98. The van der Waals surface area contributed by atoms with E-state index >= 15 is 0 Å². The Labute approximate surface area is 126 Å². The van der Waals surface area contributed by atoms with Gasteiger partial charge in [-0.15, -0.1) is 0 Å². The van der Waals surface area contributed by atoms with Crippen LogP contribution in [0.4, 0.5) is 23.2 Å². The van der Waals surface area contributed by atoms with E-state index in [-0.39, 0.29) is 5.56 Å². The second kappa shape index (κ2) is 6.31. The van der Waals surface area contributed by atoms with E-state index in [1.54, 1.807) is 6.07 Å². The van der Waals surface area contributed by atoms with Gasteiger partial charge in [-0.1, -0.05) is 0 Å². The standard InChI is InChI=1S/C14H6F4N2O3/c15-9-4-11(16)13(12(5-9)20(21)22)23-10-2-7(6-19)1-8(3-10)14(17)18/h1-5,14H. The molecule has 9 heteroatoms. The van der Waals surface area contributed by atoms with Crippen molar-refractivity contribution in [1.29, 1.82) is 5.26 Å². The molecule has 0 unspecified atom stereocenters. The van der Waals surface area contributed by atoms with E-state index in [0.29, 0.717) is 12.1 Å². The van der Waals surface area contributed by atoms with Crippen molar-refractivity contribution in [3.05, 3.63) is 63.2 Å². The monoisotopic (exact) mass is 326 g/mol. The zero-order valence-electron chi connectivity index (χ0n) is 11.1. The third-order valence-corrected chi connectivity index (χ3v) is 2.72. The molecule has 0 heterocycles. The molecule has 0 fully saturated rings. The Balaban J connectivity index is 2.54. The molecule has 0 aliphatic rings. The van der Waals surface area contributed by atoms with Crippen LogP contribution in [0.25, 0.3) is 0 Å². The number of hydrogen-bond acceptors (Lipinski definition) is 4. The molecule has 0 amide bonds. The first-order valence-electron chi connectivity index (χ1n) is 5.96. The average Bonchev–Trinajstić information content (AvgIpc) is 2.49. The molecule has 0 aliphatic heterocycles. The molecule has 118 valence electrons. The summed E-state index contributed by atoms with van der Waals surface area (Å²) in [5.41, 5.74) is -1.80. The number of halogens is 4. The lowest BCUT2D eigenvalue weighted by molar-refractivity contribution is -0.386. The third kappa shape index (κ3) is 3.55. The fraction of sp³-hybridized carbons (Fsp3) is 0.0714. The van der Waals surface area contributed by atoms with Gasteiger partial charge in [0.2, 0.25) is 5.75 Å². The van der Waals surface area contributed by atoms with E-state index in [1.165, 1.54) is 0 Å². The number of nitrogens with zero attached hydrogens (tertiary/aromatic N) is 2. The molecule has 2 aromatic rings. The van der Waals surface area contributed by atoms with Gasteiger partial charge in [-0.25, -0.2) is 17.6 Å². The second-order valence-corrected chi connectivity index (χ2v) is 4.30. The van der Waals surface area contributed by atoms with Crippen LogP contribution in [0.15, 0.2) is 30.3 Å². The molecule has 0 radical (unpaired) electrons. The van der Waals surface area contributed by atoms with E-state index in [0.717, 1.165) is 18.2 Å². The minimum absolute atomic E-state index is 0.206. The SMILES string of the molecule is N#Cc1cc(Oc2c(F)cc(F)cc2[N+](=O)[O-])cc(C(F)F)c1. The maximum atomic E-state index is 13.7. The number of rotatable bonds is 4. The summed E-state index contributed by atoms with van der Waals surface area (Å²) in [6.07, 6.45) is -2.93. The first-order valence-corrected chi connectivity index (χ1v) is 5.96. The van der Waals surface area contributed by atoms with Crippen LogP contribution in [-0.2, 0) is 0 Å². The Bertz CT molecular complexity index is 818. The summed E-state index contributed by atoms with van der Waals surface area (Å²) in [6, 6.07) is 5.09. The van der Waals surface area contributed by atoms with Gasteiger partial charge in [-0.2, -0.15) is 5.26 Å². The Morgan fingerprint density at radius 1 is 1.17 bits per heavy atom. The maximum absolute atomic E-state index is 13.7. The van der Waals surface area contributed by atoms with Crippen LogP contribution in [0.3, 0.4) is 0 Å². The third-order valence-electron chi connectivity index (χ3n) is 2.72. The van der Waals surface area contributed by atoms with Crippen LogP contribution in [-0.4, -0.2) is 4.92 Å². The van der Waals surface area contributed by atoms with Gasteiger partial charge in [-0.05, 0) is 18.2 Å². The number of hydrogen-bond donors (Lipinski definition) is 0. The summed E-state index contributed by atoms with van der Waals surface area (Å²) >= 11 is 0. The summed E-state index contributed by atoms with van der Waals surface area (Å²) in [5, 5.41) is 19.6. The van der Waals surface area contributed by atoms with Crippen molar-refractivity contribution in [1.82, 2.24) is 0 Å². The predicted octanol–water partition coefficient (Wildman–Crippen LogP) is 4.47. The van der Waals surface area contributed by atoms with E-state index in [1.807, 2.05) is 0 Å². The fourth-order valence-corrected chi connectivity index (χ4v) is 1.77. The molecule has 0 atom stereocenters. The lowest BCUT2D eigenvalue weighted by Gasteiger charge is -2.09. The van der Waals surface area contributed by atoms with Gasteiger partial charge in [0.25, 0.3) is 6.43 Å². The van der Waals surface area contributed by atoms with Crippen molar-refractivity contribution >= 4 is 5.69 Å². The van der Waals surface area contributed by atoms with Crippen molar-refractivity contribution < 1.29 is 27.2 Å². The number of alkyl halides is 2. The molecule has 0 bridgehead atoms. The smallest absolute Gasteiger partial charge is 0.317 e. The quantitative estimate of drug-likeness (QED) is 0.472. The number of benzene rings is 2. The highest BCUT2D eigenvalue weighted by molar-refractivity contribution is 5.51. The number of nitro benzene ring substituents is 1. The highest BCUT2D eigenvalue weighted by Gasteiger charge is 2.23. The minimum atomic E-state index is -2.93. The normalized spacial score (nSPS) is 10.4. The predicted molar refractivity (Wildman–Crippen MR) is 69.2 cm³/mol. The molecule has 0 N–H and O–H groups in total. The Kier molecular flexibility index (Phi) is 4.45. The van der Waals surface area contributed by atoms with Crippen LogP contribution in [0.2, 0.25) is 0 Å². The number of nitro groups is 1. The minimum Gasteiger partial charge on any atom is -0.447 e. The van der Waals surface area contributed by atoms with Gasteiger partial charge < -0.3 is 4.74 Å². The molecular formula is C14H6F4N2O3. The number of nitriles is 1. The summed E-state index contributed by atoms with van der Waals surface area (Å²) in [6.45, 7) is 0. The van der Waals surface area contributed by atoms with Crippen molar-refractivity contribution in [2.45, 2.75) is 6.43 Å². The Morgan fingerprint density at radius 3 is 2.43 bits per heavy atom. The molecule has 0 saturated heterocycles. The maximum Gasteiger partial charge on any atom is 0.317 e. The highest BCUT2D eigenvalue weighted by atomic mass is 19.3. The molecule has 0 aromatic heterocycles.